The molecule has 0 spiro atoms. The molecule has 29 heavy (non-hydrogen) atoms. The van der Waals surface area contributed by atoms with Gasteiger partial charge in [0.2, 0.25) is 17.7 Å². The van der Waals surface area contributed by atoms with Crippen molar-refractivity contribution in [3.8, 4) is 0 Å². The van der Waals surface area contributed by atoms with E-state index in [0.717, 1.165) is 18.4 Å². The fourth-order valence-corrected chi connectivity index (χ4v) is 3.56. The maximum Gasteiger partial charge on any atom is 0.241 e. The zero-order valence-electron chi connectivity index (χ0n) is 17.0. The Balaban J connectivity index is 1.98. The van der Waals surface area contributed by atoms with Crippen LogP contribution in [0, 0.1) is 5.92 Å². The van der Waals surface area contributed by atoms with Gasteiger partial charge in [-0.3, -0.25) is 19.4 Å². The summed E-state index contributed by atoms with van der Waals surface area (Å²) in [5, 5.41) is 2.51. The normalized spacial score (nSPS) is 19.3. The monoisotopic (exact) mass is 397 g/mol. The lowest BCUT2D eigenvalue weighted by atomic mass is 10.0. The number of carbonyl (C=O) groups excluding carboxylic acids is 3. The largest absolute Gasteiger partial charge is 0.404 e. The number of aliphatic imine (C=N–C) groups is 1. The molecular formula is C21H27N5O3. The van der Waals surface area contributed by atoms with E-state index in [1.807, 2.05) is 25.1 Å². The van der Waals surface area contributed by atoms with Crippen molar-refractivity contribution < 1.29 is 14.4 Å². The molecule has 3 rings (SSSR count). The van der Waals surface area contributed by atoms with Crippen LogP contribution in [0.2, 0.25) is 0 Å². The number of allylic oxidation sites excluding steroid dienone is 1. The molecule has 154 valence electrons. The zero-order chi connectivity index (χ0) is 21.1. The highest BCUT2D eigenvalue weighted by atomic mass is 16.2. The van der Waals surface area contributed by atoms with Crippen LogP contribution in [0.15, 0.2) is 29.4 Å². The van der Waals surface area contributed by atoms with Crippen LogP contribution in [0.4, 0.5) is 11.4 Å². The van der Waals surface area contributed by atoms with Gasteiger partial charge >= 0.3 is 0 Å². The number of amides is 3. The molecule has 0 bridgehead atoms. The number of likely N-dealkylation sites (N-methyl/N-ethyl adjacent to an activating group) is 1. The molecule has 1 atom stereocenters. The Morgan fingerprint density at radius 1 is 1.28 bits per heavy atom. The van der Waals surface area contributed by atoms with Gasteiger partial charge in [0, 0.05) is 44.4 Å². The Kier molecular flexibility index (Phi) is 6.00. The highest BCUT2D eigenvalue weighted by Gasteiger charge is 2.39. The number of rotatable bonds is 5. The first-order valence-corrected chi connectivity index (χ1v) is 9.75. The van der Waals surface area contributed by atoms with Crippen molar-refractivity contribution in [2.45, 2.75) is 32.7 Å². The molecule has 1 aliphatic heterocycles. The first kappa shape index (κ1) is 20.6. The van der Waals surface area contributed by atoms with Gasteiger partial charge < -0.3 is 20.9 Å². The third-order valence-corrected chi connectivity index (χ3v) is 5.20. The number of hydrogen-bond acceptors (Lipinski definition) is 5. The van der Waals surface area contributed by atoms with Crippen LogP contribution in [0.1, 0.15) is 32.3 Å². The fraction of sp³-hybridized carbons (Fsp3) is 0.429. The van der Waals surface area contributed by atoms with Gasteiger partial charge in [-0.1, -0.05) is 6.07 Å². The summed E-state index contributed by atoms with van der Waals surface area (Å²) >= 11 is 0. The second kappa shape index (κ2) is 8.46. The highest BCUT2D eigenvalue weighted by molar-refractivity contribution is 6.12. The lowest BCUT2D eigenvalue weighted by Gasteiger charge is -2.41. The number of carbonyl (C=O) groups is 3. The second-order valence-electron chi connectivity index (χ2n) is 7.43. The maximum atomic E-state index is 12.9. The van der Waals surface area contributed by atoms with Crippen LogP contribution in [0.3, 0.4) is 0 Å². The second-order valence-corrected chi connectivity index (χ2v) is 7.43. The summed E-state index contributed by atoms with van der Waals surface area (Å²) in [6.45, 7) is 3.93. The molecule has 3 N–H and O–H groups in total. The molecule has 1 aromatic rings. The summed E-state index contributed by atoms with van der Waals surface area (Å²) in [6, 6.07) is 5.44. The van der Waals surface area contributed by atoms with Crippen LogP contribution in [0.25, 0.3) is 5.57 Å². The smallest absolute Gasteiger partial charge is 0.241 e. The van der Waals surface area contributed by atoms with Crippen molar-refractivity contribution in [2.75, 3.05) is 29.9 Å². The first-order valence-electron chi connectivity index (χ1n) is 9.75. The minimum absolute atomic E-state index is 0.000695. The summed E-state index contributed by atoms with van der Waals surface area (Å²) in [6.07, 6.45) is 4.78. The van der Waals surface area contributed by atoms with Gasteiger partial charge in [0.25, 0.3) is 0 Å². The average molecular weight is 397 g/mol. The van der Waals surface area contributed by atoms with Crippen molar-refractivity contribution in [1.29, 1.82) is 0 Å². The number of nitrogens with one attached hydrogen (secondary N) is 1. The average Bonchev–Trinajstić information content (AvgIpc) is 3.54. The van der Waals surface area contributed by atoms with E-state index in [-0.39, 0.29) is 36.2 Å². The number of anilines is 2. The maximum absolute atomic E-state index is 12.9. The molecule has 1 heterocycles. The summed E-state index contributed by atoms with van der Waals surface area (Å²) in [5.74, 6) is -0.0895. The molecule has 2 aliphatic rings. The Morgan fingerprint density at radius 2 is 2.00 bits per heavy atom. The van der Waals surface area contributed by atoms with Crippen LogP contribution in [0.5, 0.6) is 0 Å². The topological polar surface area (TPSA) is 108 Å². The van der Waals surface area contributed by atoms with Crippen LogP contribution >= 0.6 is 0 Å². The number of nitrogens with zero attached hydrogens (tertiary/aromatic N) is 3. The Morgan fingerprint density at radius 3 is 2.59 bits per heavy atom. The molecule has 1 saturated carbocycles. The van der Waals surface area contributed by atoms with E-state index in [1.165, 1.54) is 19.3 Å². The molecule has 8 nitrogen and oxygen atoms in total. The SMILES string of the molecule is CNC(=O)CN=CC(=CN)c1ccc2c(c1)N(C(=O)C1CC1)CC(C)N2C(C)=O. The molecule has 1 aliphatic carbocycles. The molecular weight excluding hydrogens is 370 g/mol. The molecule has 0 aromatic heterocycles. The minimum Gasteiger partial charge on any atom is -0.404 e. The summed E-state index contributed by atoms with van der Waals surface area (Å²) in [7, 11) is 1.55. The predicted octanol–water partition coefficient (Wildman–Crippen LogP) is 1.30. The van der Waals surface area contributed by atoms with Crippen LogP contribution in [-0.4, -0.2) is 50.1 Å². The van der Waals surface area contributed by atoms with Gasteiger partial charge in [0.05, 0.1) is 17.4 Å². The quantitative estimate of drug-likeness (QED) is 0.730. The van der Waals surface area contributed by atoms with Crippen LogP contribution in [-0.2, 0) is 14.4 Å². The van der Waals surface area contributed by atoms with E-state index in [2.05, 4.69) is 10.3 Å². The predicted molar refractivity (Wildman–Crippen MR) is 114 cm³/mol. The van der Waals surface area contributed by atoms with E-state index in [1.54, 1.807) is 16.8 Å². The van der Waals surface area contributed by atoms with Gasteiger partial charge in [-0.15, -0.1) is 0 Å². The van der Waals surface area contributed by atoms with E-state index in [0.29, 0.717) is 23.5 Å². The first-order chi connectivity index (χ1) is 13.9. The van der Waals surface area contributed by atoms with Gasteiger partial charge in [-0.05, 0) is 37.5 Å². The molecule has 1 aromatic carbocycles. The molecule has 3 amide bonds. The Hall–Kier alpha value is -3.16. The van der Waals surface area contributed by atoms with Crippen LogP contribution < -0.4 is 20.9 Å². The Bertz CT molecular complexity index is 888. The zero-order valence-corrected chi connectivity index (χ0v) is 17.0. The lowest BCUT2D eigenvalue weighted by molar-refractivity contribution is -0.120. The summed E-state index contributed by atoms with van der Waals surface area (Å²) in [5.41, 5.74) is 8.59. The fourth-order valence-electron chi connectivity index (χ4n) is 3.56. The number of benzene rings is 1. The number of hydrogen-bond donors (Lipinski definition) is 2. The molecule has 0 radical (unpaired) electrons. The van der Waals surface area contributed by atoms with Gasteiger partial charge in [-0.2, -0.15) is 0 Å². The summed E-state index contributed by atoms with van der Waals surface area (Å²) < 4.78 is 0. The molecule has 1 unspecified atom stereocenters. The van der Waals surface area contributed by atoms with Crippen molar-refractivity contribution in [3.05, 3.63) is 30.0 Å². The van der Waals surface area contributed by atoms with Crippen molar-refractivity contribution >= 4 is 40.9 Å². The minimum atomic E-state index is -0.199. The third-order valence-electron chi connectivity index (χ3n) is 5.20. The van der Waals surface area contributed by atoms with E-state index in [9.17, 15) is 14.4 Å². The van der Waals surface area contributed by atoms with Gasteiger partial charge in [0.15, 0.2) is 0 Å². The van der Waals surface area contributed by atoms with Crippen molar-refractivity contribution in [3.63, 3.8) is 0 Å². The lowest BCUT2D eigenvalue weighted by Crippen LogP contribution is -2.51. The van der Waals surface area contributed by atoms with Gasteiger partial charge in [0.1, 0.15) is 6.54 Å². The van der Waals surface area contributed by atoms with E-state index in [4.69, 9.17) is 5.73 Å². The van der Waals surface area contributed by atoms with E-state index >= 15 is 0 Å². The number of fused-ring (bicyclic) bond motifs is 1. The van der Waals surface area contributed by atoms with Crippen molar-refractivity contribution in [1.82, 2.24) is 5.32 Å². The molecule has 1 fully saturated rings. The van der Waals surface area contributed by atoms with Gasteiger partial charge in [-0.25, -0.2) is 0 Å². The van der Waals surface area contributed by atoms with E-state index < -0.39 is 0 Å². The third kappa shape index (κ3) is 4.31. The molecule has 8 heteroatoms. The van der Waals surface area contributed by atoms with Crippen molar-refractivity contribution in [2.24, 2.45) is 16.6 Å². The number of nitrogens with two attached hydrogens (primary N) is 1. The summed E-state index contributed by atoms with van der Waals surface area (Å²) in [4.78, 5) is 44.1. The molecule has 0 saturated heterocycles. The standard InChI is InChI=1S/C21H27N5O3/c1-13-12-25(21(29)15-4-5-15)19-8-16(6-7-18(19)26(13)14(2)27)17(9-22)10-24-11-20(28)23-3/h6-10,13,15H,4-5,11-12,22H2,1-3H3,(H,23,28). The highest BCUT2D eigenvalue weighted by Crippen LogP contribution is 2.41. The Labute approximate surface area is 170 Å².